The lowest BCUT2D eigenvalue weighted by atomic mass is 9.99. The molecule has 2 aromatic carbocycles. The highest BCUT2D eigenvalue weighted by Gasteiger charge is 2.33. The van der Waals surface area contributed by atoms with Crippen LogP contribution >= 0.6 is 24.0 Å². The maximum Gasteiger partial charge on any atom is 0.271 e. The number of hydrogen-bond donors (Lipinski definition) is 1. The lowest BCUT2D eigenvalue weighted by Crippen LogP contribution is -2.31. The van der Waals surface area contributed by atoms with Crippen molar-refractivity contribution in [3.63, 3.8) is 0 Å². The molecule has 1 aliphatic heterocycles. The number of thiocarbonyl (C=S) groups is 1. The van der Waals surface area contributed by atoms with Crippen LogP contribution in [0, 0.1) is 25.2 Å². The van der Waals surface area contributed by atoms with Crippen molar-refractivity contribution in [3.05, 3.63) is 103 Å². The number of rotatable bonds is 7. The number of hydrogen-bond acceptors (Lipinski definition) is 7. The number of aromatic hydroxyl groups is 1. The number of ketones is 1. The molecule has 1 saturated heterocycles. The molecule has 37 heavy (non-hydrogen) atoms. The Hall–Kier alpha value is -4.00. The topological polar surface area (TPSA) is 103 Å². The van der Waals surface area contributed by atoms with E-state index >= 15 is 0 Å². The van der Waals surface area contributed by atoms with Gasteiger partial charge in [0.15, 0.2) is 5.78 Å². The molecule has 3 aromatic rings. The van der Waals surface area contributed by atoms with Crippen molar-refractivity contribution in [2.75, 3.05) is 6.54 Å². The summed E-state index contributed by atoms with van der Waals surface area (Å²) in [6.45, 7) is 3.45. The first-order valence-electron chi connectivity index (χ1n) is 11.5. The third-order valence-electron chi connectivity index (χ3n) is 6.07. The Bertz CT molecular complexity index is 1530. The molecule has 1 fully saturated rings. The minimum atomic E-state index is -0.670. The number of pyridine rings is 1. The predicted octanol–water partition coefficient (Wildman–Crippen LogP) is 4.56. The van der Waals surface area contributed by atoms with Gasteiger partial charge in [-0.15, -0.1) is 0 Å². The number of aromatic nitrogens is 1. The second-order valence-electron chi connectivity index (χ2n) is 8.60. The fourth-order valence-electron chi connectivity index (χ4n) is 4.04. The SMILES string of the molecule is Cc1ccc(/C=C2\SC(=S)N(CCC(=O)c3c(C)c(C#N)c(=O)n(Cc4ccccc4)c3O)C2=O)cc1. The zero-order valence-electron chi connectivity index (χ0n) is 20.2. The molecule has 2 heterocycles. The Kier molecular flexibility index (Phi) is 7.71. The Balaban J connectivity index is 1.57. The molecule has 1 amide bonds. The number of amides is 1. The zero-order valence-corrected chi connectivity index (χ0v) is 21.9. The average molecular weight is 530 g/mol. The van der Waals surface area contributed by atoms with Gasteiger partial charge >= 0.3 is 0 Å². The average Bonchev–Trinajstić information content (AvgIpc) is 3.14. The normalized spacial score (nSPS) is 14.3. The first kappa shape index (κ1) is 26.1. The molecule has 0 radical (unpaired) electrons. The molecule has 0 unspecified atom stereocenters. The second-order valence-corrected chi connectivity index (χ2v) is 10.3. The van der Waals surface area contributed by atoms with E-state index in [1.54, 1.807) is 30.3 Å². The summed E-state index contributed by atoms with van der Waals surface area (Å²) in [5, 5.41) is 20.5. The number of carbonyl (C=O) groups excluding carboxylic acids is 2. The first-order valence-corrected chi connectivity index (χ1v) is 12.7. The number of benzene rings is 2. The molecule has 1 aromatic heterocycles. The Labute approximate surface area is 223 Å². The Morgan fingerprint density at radius 3 is 2.43 bits per heavy atom. The summed E-state index contributed by atoms with van der Waals surface area (Å²) < 4.78 is 1.36. The van der Waals surface area contributed by atoms with Crippen LogP contribution in [0.15, 0.2) is 64.3 Å². The van der Waals surface area contributed by atoms with E-state index in [0.29, 0.717) is 9.23 Å². The minimum Gasteiger partial charge on any atom is -0.494 e. The third-order valence-corrected chi connectivity index (χ3v) is 7.45. The van der Waals surface area contributed by atoms with Gasteiger partial charge in [-0.25, -0.2) is 0 Å². The van der Waals surface area contributed by atoms with Crippen LogP contribution in [0.2, 0.25) is 0 Å². The molecular formula is C28H23N3O4S2. The summed E-state index contributed by atoms with van der Waals surface area (Å²) in [4.78, 5) is 40.9. The van der Waals surface area contributed by atoms with Crippen molar-refractivity contribution < 1.29 is 14.7 Å². The van der Waals surface area contributed by atoms with Gasteiger partial charge in [0.05, 0.1) is 17.0 Å². The molecule has 0 bridgehead atoms. The summed E-state index contributed by atoms with van der Waals surface area (Å²) in [5.41, 5.74) is 1.84. The maximum atomic E-state index is 13.3. The van der Waals surface area contributed by atoms with E-state index < -0.39 is 17.2 Å². The highest BCUT2D eigenvalue weighted by Crippen LogP contribution is 2.33. The Morgan fingerprint density at radius 2 is 1.78 bits per heavy atom. The molecular weight excluding hydrogens is 506 g/mol. The van der Waals surface area contributed by atoms with Crippen molar-refractivity contribution in [2.45, 2.75) is 26.8 Å². The molecule has 7 nitrogen and oxygen atoms in total. The molecule has 1 aliphatic rings. The molecule has 0 spiro atoms. The molecule has 1 N–H and O–H groups in total. The number of Topliss-reactive ketones (excluding diaryl/α,β-unsaturated/α-hetero) is 1. The monoisotopic (exact) mass is 529 g/mol. The van der Waals surface area contributed by atoms with Crippen LogP contribution in [0.4, 0.5) is 0 Å². The molecule has 186 valence electrons. The van der Waals surface area contributed by atoms with E-state index in [-0.39, 0.29) is 42.1 Å². The number of aryl methyl sites for hydroxylation is 1. The molecule has 9 heteroatoms. The van der Waals surface area contributed by atoms with Gasteiger partial charge in [0, 0.05) is 13.0 Å². The van der Waals surface area contributed by atoms with Crippen LogP contribution < -0.4 is 5.56 Å². The minimum absolute atomic E-state index is 0.000745. The third kappa shape index (κ3) is 5.40. The zero-order chi connectivity index (χ0) is 26.7. The van der Waals surface area contributed by atoms with Crippen LogP contribution in [0.3, 0.4) is 0 Å². The molecule has 0 atom stereocenters. The van der Waals surface area contributed by atoms with Crippen LogP contribution in [0.5, 0.6) is 5.88 Å². The van der Waals surface area contributed by atoms with Gasteiger partial charge in [-0.1, -0.05) is 84.1 Å². The van der Waals surface area contributed by atoms with Gasteiger partial charge in [-0.05, 0) is 36.6 Å². The number of carbonyl (C=O) groups is 2. The van der Waals surface area contributed by atoms with Crippen LogP contribution in [-0.4, -0.2) is 37.1 Å². The van der Waals surface area contributed by atoms with Crippen molar-refractivity contribution in [2.24, 2.45) is 0 Å². The highest BCUT2D eigenvalue weighted by molar-refractivity contribution is 8.26. The summed E-state index contributed by atoms with van der Waals surface area (Å²) in [5.74, 6) is -1.29. The van der Waals surface area contributed by atoms with Crippen molar-refractivity contribution in [1.82, 2.24) is 9.47 Å². The summed E-state index contributed by atoms with van der Waals surface area (Å²) >= 11 is 6.55. The van der Waals surface area contributed by atoms with E-state index in [1.807, 2.05) is 43.3 Å². The number of thioether (sulfide) groups is 1. The predicted molar refractivity (Wildman–Crippen MR) is 147 cm³/mol. The summed E-state index contributed by atoms with van der Waals surface area (Å²) in [6, 6.07) is 18.5. The first-order chi connectivity index (χ1) is 17.7. The van der Waals surface area contributed by atoms with E-state index in [1.165, 1.54) is 23.6 Å². The van der Waals surface area contributed by atoms with Crippen molar-refractivity contribution in [3.8, 4) is 11.9 Å². The number of nitrogens with zero attached hydrogens (tertiary/aromatic N) is 3. The Morgan fingerprint density at radius 1 is 1.11 bits per heavy atom. The van der Waals surface area contributed by atoms with Gasteiger partial charge < -0.3 is 5.11 Å². The van der Waals surface area contributed by atoms with Crippen molar-refractivity contribution in [1.29, 1.82) is 5.26 Å². The fraction of sp³-hybridized carbons (Fsp3) is 0.179. The fourth-order valence-corrected chi connectivity index (χ4v) is 5.35. The van der Waals surface area contributed by atoms with Crippen LogP contribution in [-0.2, 0) is 11.3 Å². The number of nitriles is 1. The van der Waals surface area contributed by atoms with Crippen LogP contribution in [0.25, 0.3) is 6.08 Å². The van der Waals surface area contributed by atoms with Gasteiger partial charge in [0.1, 0.15) is 16.0 Å². The molecule has 0 aliphatic carbocycles. The van der Waals surface area contributed by atoms with Gasteiger partial charge in [0.25, 0.3) is 11.5 Å². The van der Waals surface area contributed by atoms with E-state index in [2.05, 4.69) is 0 Å². The quantitative estimate of drug-likeness (QED) is 0.272. The van der Waals surface area contributed by atoms with Crippen LogP contribution in [0.1, 0.15) is 44.6 Å². The van der Waals surface area contributed by atoms with E-state index in [9.17, 15) is 24.8 Å². The van der Waals surface area contributed by atoms with E-state index in [4.69, 9.17) is 12.2 Å². The van der Waals surface area contributed by atoms with Gasteiger partial charge in [-0.2, -0.15) is 5.26 Å². The highest BCUT2D eigenvalue weighted by atomic mass is 32.2. The van der Waals surface area contributed by atoms with Gasteiger partial charge in [-0.3, -0.25) is 23.9 Å². The molecule has 0 saturated carbocycles. The van der Waals surface area contributed by atoms with Gasteiger partial charge in [0.2, 0.25) is 5.88 Å². The summed E-state index contributed by atoms with van der Waals surface area (Å²) in [6.07, 6.45) is 1.61. The lowest BCUT2D eigenvalue weighted by Gasteiger charge is -2.17. The largest absolute Gasteiger partial charge is 0.494 e. The smallest absolute Gasteiger partial charge is 0.271 e. The standard InChI is InChI=1S/C28H23N3O4S2/c1-17-8-10-19(11-9-17)14-23-26(34)30(28(36)37-23)13-12-22(32)24-18(2)21(15-29)25(33)31(27(24)35)16-20-6-4-3-5-7-20/h3-11,14,35H,12-13,16H2,1-2H3/b23-14-. The molecule has 4 rings (SSSR count). The van der Waals surface area contributed by atoms with E-state index in [0.717, 1.165) is 21.3 Å². The lowest BCUT2D eigenvalue weighted by molar-refractivity contribution is -0.122. The van der Waals surface area contributed by atoms with Crippen molar-refractivity contribution >= 4 is 46.1 Å². The second kappa shape index (κ2) is 10.9. The summed E-state index contributed by atoms with van der Waals surface area (Å²) in [7, 11) is 0. The maximum absolute atomic E-state index is 13.3.